The summed E-state index contributed by atoms with van der Waals surface area (Å²) in [6.07, 6.45) is 0.617. The van der Waals surface area contributed by atoms with Crippen molar-refractivity contribution in [3.05, 3.63) is 0 Å². The molecule has 0 aromatic rings. The summed E-state index contributed by atoms with van der Waals surface area (Å²) in [5, 5.41) is 0. The van der Waals surface area contributed by atoms with E-state index in [2.05, 4.69) is 0 Å². The maximum Gasteiger partial charge on any atom is 0.299 e. The molecule has 0 aliphatic heterocycles. The minimum Gasteiger partial charge on any atom is -0.385 e. The summed E-state index contributed by atoms with van der Waals surface area (Å²) in [5.74, 6) is 0. The van der Waals surface area contributed by atoms with Gasteiger partial charge in [0.05, 0.1) is 6.61 Å². The molecule has 0 rings (SSSR count). The second kappa shape index (κ2) is 7.42. The lowest BCUT2D eigenvalue weighted by Gasteiger charge is -2.17. The quantitative estimate of drug-likeness (QED) is 0.460. The van der Waals surface area contributed by atoms with E-state index in [0.717, 1.165) is 4.31 Å². The van der Waals surface area contributed by atoms with Gasteiger partial charge >= 0.3 is 0 Å². The zero-order valence-electron chi connectivity index (χ0n) is 8.40. The molecule has 0 heterocycles. The van der Waals surface area contributed by atoms with Crippen LogP contribution in [0.1, 0.15) is 6.42 Å². The molecule has 86 valence electrons. The Labute approximate surface area is 89.5 Å². The van der Waals surface area contributed by atoms with E-state index in [1.165, 1.54) is 7.11 Å². The monoisotopic (exact) mass is 245 g/mol. The standard InChI is InChI=1S/C7H16ClNO4S/c1-12-6-3-4-9(5-7-13-2)14(8,10)11/h3-7H2,1-2H3. The van der Waals surface area contributed by atoms with Crippen molar-refractivity contribution >= 4 is 19.9 Å². The molecule has 0 radical (unpaired) electrons. The Kier molecular flexibility index (Phi) is 7.48. The normalized spacial score (nSPS) is 12.3. The minimum atomic E-state index is -3.65. The molecule has 7 heteroatoms. The van der Waals surface area contributed by atoms with Crippen LogP contribution in [0.5, 0.6) is 0 Å². The van der Waals surface area contributed by atoms with Gasteiger partial charge in [-0.1, -0.05) is 0 Å². The van der Waals surface area contributed by atoms with Crippen molar-refractivity contribution in [2.24, 2.45) is 0 Å². The summed E-state index contributed by atoms with van der Waals surface area (Å²) in [5.41, 5.74) is 0. The van der Waals surface area contributed by atoms with Crippen molar-refractivity contribution < 1.29 is 17.9 Å². The summed E-state index contributed by atoms with van der Waals surface area (Å²) in [6.45, 7) is 1.46. The van der Waals surface area contributed by atoms with Crippen LogP contribution in [0.2, 0.25) is 0 Å². The Morgan fingerprint density at radius 3 is 2.14 bits per heavy atom. The van der Waals surface area contributed by atoms with Crippen LogP contribution < -0.4 is 0 Å². The number of rotatable bonds is 8. The smallest absolute Gasteiger partial charge is 0.299 e. The molecule has 5 nitrogen and oxygen atoms in total. The third-order valence-corrected chi connectivity index (χ3v) is 3.18. The number of nitrogens with zero attached hydrogens (tertiary/aromatic N) is 1. The van der Waals surface area contributed by atoms with E-state index in [1.807, 2.05) is 0 Å². The molecule has 0 atom stereocenters. The van der Waals surface area contributed by atoms with E-state index in [1.54, 1.807) is 7.11 Å². The predicted molar refractivity (Wildman–Crippen MR) is 54.7 cm³/mol. The molecule has 0 aliphatic rings. The van der Waals surface area contributed by atoms with E-state index in [9.17, 15) is 8.42 Å². The highest BCUT2D eigenvalue weighted by molar-refractivity contribution is 8.11. The Balaban J connectivity index is 3.99. The van der Waals surface area contributed by atoms with Crippen LogP contribution in [0.15, 0.2) is 0 Å². The molecule has 0 saturated heterocycles. The molecule has 0 fully saturated rings. The molecule has 0 aliphatic carbocycles. The van der Waals surface area contributed by atoms with Crippen molar-refractivity contribution in [2.75, 3.05) is 40.5 Å². The first-order valence-corrected chi connectivity index (χ1v) is 6.46. The van der Waals surface area contributed by atoms with E-state index < -0.39 is 9.24 Å². The fraction of sp³-hybridized carbons (Fsp3) is 1.00. The third-order valence-electron chi connectivity index (χ3n) is 1.61. The Morgan fingerprint density at radius 2 is 1.71 bits per heavy atom. The number of hydrogen-bond donors (Lipinski definition) is 0. The van der Waals surface area contributed by atoms with Crippen molar-refractivity contribution in [1.29, 1.82) is 0 Å². The average Bonchev–Trinajstić information content (AvgIpc) is 2.09. The maximum atomic E-state index is 11.0. The van der Waals surface area contributed by atoms with Crippen LogP contribution >= 0.6 is 10.7 Å². The first-order valence-electron chi connectivity index (χ1n) is 4.20. The van der Waals surface area contributed by atoms with Gasteiger partial charge in [-0.15, -0.1) is 0 Å². The first kappa shape index (κ1) is 14.1. The van der Waals surface area contributed by atoms with Gasteiger partial charge in [0.2, 0.25) is 0 Å². The molecule has 14 heavy (non-hydrogen) atoms. The molecule has 0 amide bonds. The van der Waals surface area contributed by atoms with Crippen LogP contribution in [0.4, 0.5) is 0 Å². The molecular formula is C7H16ClNO4S. The third kappa shape index (κ3) is 6.56. The number of halogens is 1. The highest BCUT2D eigenvalue weighted by Crippen LogP contribution is 2.06. The van der Waals surface area contributed by atoms with Gasteiger partial charge in [-0.2, -0.15) is 12.7 Å². The molecule has 0 bridgehead atoms. The summed E-state index contributed by atoms with van der Waals surface area (Å²) in [6, 6.07) is 0. The van der Waals surface area contributed by atoms with Crippen LogP contribution in [-0.4, -0.2) is 53.2 Å². The highest BCUT2D eigenvalue weighted by atomic mass is 35.7. The van der Waals surface area contributed by atoms with E-state index in [0.29, 0.717) is 26.2 Å². The lowest BCUT2D eigenvalue weighted by atomic mass is 10.4. The fourth-order valence-corrected chi connectivity index (χ4v) is 1.96. The van der Waals surface area contributed by atoms with E-state index in [-0.39, 0.29) is 6.54 Å². The van der Waals surface area contributed by atoms with Gasteiger partial charge in [0.25, 0.3) is 9.24 Å². The Morgan fingerprint density at radius 1 is 1.14 bits per heavy atom. The van der Waals surface area contributed by atoms with Crippen LogP contribution in [0, 0.1) is 0 Å². The largest absolute Gasteiger partial charge is 0.385 e. The average molecular weight is 246 g/mol. The SMILES string of the molecule is COCCCN(CCOC)S(=O)(=O)Cl. The van der Waals surface area contributed by atoms with Gasteiger partial charge in [-0.3, -0.25) is 0 Å². The fourth-order valence-electron chi connectivity index (χ4n) is 0.908. The Hall–Kier alpha value is 0.120. The van der Waals surface area contributed by atoms with Gasteiger partial charge in [0, 0.05) is 44.6 Å². The summed E-state index contributed by atoms with van der Waals surface area (Å²) >= 11 is 0. The molecular weight excluding hydrogens is 230 g/mol. The van der Waals surface area contributed by atoms with E-state index in [4.69, 9.17) is 20.2 Å². The van der Waals surface area contributed by atoms with Crippen LogP contribution in [0.25, 0.3) is 0 Å². The van der Waals surface area contributed by atoms with Gasteiger partial charge in [-0.25, -0.2) is 0 Å². The van der Waals surface area contributed by atoms with Crippen molar-refractivity contribution in [2.45, 2.75) is 6.42 Å². The summed E-state index contributed by atoms with van der Waals surface area (Å²) in [4.78, 5) is 0. The summed E-state index contributed by atoms with van der Waals surface area (Å²) < 4.78 is 32.8. The second-order valence-corrected chi connectivity index (χ2v) is 5.19. The zero-order chi connectivity index (χ0) is 11.0. The molecule has 0 N–H and O–H groups in total. The summed E-state index contributed by atoms with van der Waals surface area (Å²) in [7, 11) is 4.64. The van der Waals surface area contributed by atoms with Gasteiger partial charge < -0.3 is 9.47 Å². The highest BCUT2D eigenvalue weighted by Gasteiger charge is 2.17. The van der Waals surface area contributed by atoms with Gasteiger partial charge in [-0.05, 0) is 6.42 Å². The number of hydrogen-bond acceptors (Lipinski definition) is 4. The molecule has 0 aromatic carbocycles. The Bertz CT molecular complexity index is 232. The number of methoxy groups -OCH3 is 2. The van der Waals surface area contributed by atoms with Crippen molar-refractivity contribution in [3.8, 4) is 0 Å². The minimum absolute atomic E-state index is 0.270. The predicted octanol–water partition coefficient (Wildman–Crippen LogP) is 0.455. The lowest BCUT2D eigenvalue weighted by Crippen LogP contribution is -2.32. The maximum absolute atomic E-state index is 11.0. The zero-order valence-corrected chi connectivity index (χ0v) is 9.97. The molecule has 0 spiro atoms. The molecule has 0 aromatic heterocycles. The van der Waals surface area contributed by atoms with Crippen LogP contribution in [-0.2, 0) is 18.7 Å². The number of ether oxygens (including phenoxy) is 2. The van der Waals surface area contributed by atoms with Gasteiger partial charge in [0.1, 0.15) is 0 Å². The molecule has 0 saturated carbocycles. The van der Waals surface area contributed by atoms with Crippen LogP contribution in [0.3, 0.4) is 0 Å². The van der Waals surface area contributed by atoms with Crippen molar-refractivity contribution in [1.82, 2.24) is 4.31 Å². The second-order valence-electron chi connectivity index (χ2n) is 2.68. The molecule has 0 unspecified atom stereocenters. The topological polar surface area (TPSA) is 55.8 Å². The van der Waals surface area contributed by atoms with Crippen molar-refractivity contribution in [3.63, 3.8) is 0 Å². The van der Waals surface area contributed by atoms with Gasteiger partial charge in [0.15, 0.2) is 0 Å². The lowest BCUT2D eigenvalue weighted by molar-refractivity contribution is 0.165. The first-order chi connectivity index (χ1) is 6.52. The van der Waals surface area contributed by atoms with E-state index >= 15 is 0 Å².